The van der Waals surface area contributed by atoms with E-state index in [1.807, 2.05) is 31.2 Å². The van der Waals surface area contributed by atoms with Gasteiger partial charge in [-0.3, -0.25) is 4.79 Å². The van der Waals surface area contributed by atoms with Crippen LogP contribution in [0.4, 0.5) is 8.78 Å². The molecule has 2 aromatic rings. The molecule has 0 saturated heterocycles. The number of benzene rings is 2. The zero-order valence-corrected chi connectivity index (χ0v) is 12.6. The third-order valence-electron chi connectivity index (χ3n) is 3.66. The van der Waals surface area contributed by atoms with Crippen LogP contribution in [0.3, 0.4) is 0 Å². The van der Waals surface area contributed by atoms with Gasteiger partial charge in [-0.15, -0.1) is 0 Å². The number of halogens is 2. The molecule has 3 nitrogen and oxygen atoms in total. The Morgan fingerprint density at radius 3 is 2.45 bits per heavy atom. The topological polar surface area (TPSA) is 29.5 Å². The monoisotopic (exact) mass is 305 g/mol. The molecule has 0 aliphatic heterocycles. The molecule has 0 saturated carbocycles. The highest BCUT2D eigenvalue weighted by Crippen LogP contribution is 2.29. The maximum Gasteiger partial charge on any atom is 0.254 e. The summed E-state index contributed by atoms with van der Waals surface area (Å²) < 4.78 is 31.5. The number of hydrogen-bond donors (Lipinski definition) is 0. The molecule has 0 spiro atoms. The maximum atomic E-state index is 13.3. The molecule has 0 bridgehead atoms. The zero-order chi connectivity index (χ0) is 16.3. The van der Waals surface area contributed by atoms with Crippen LogP contribution >= 0.6 is 0 Å². The lowest BCUT2D eigenvalue weighted by Gasteiger charge is -2.26. The zero-order valence-electron chi connectivity index (χ0n) is 12.6. The molecule has 0 aliphatic rings. The molecule has 0 heterocycles. The van der Waals surface area contributed by atoms with Gasteiger partial charge in [-0.25, -0.2) is 8.78 Å². The highest BCUT2D eigenvalue weighted by atomic mass is 19.2. The Bertz CT molecular complexity index is 688. The summed E-state index contributed by atoms with van der Waals surface area (Å²) in [6.07, 6.45) is 0. The van der Waals surface area contributed by atoms with E-state index in [2.05, 4.69) is 0 Å². The fourth-order valence-electron chi connectivity index (χ4n) is 2.23. The predicted molar refractivity (Wildman–Crippen MR) is 79.9 cm³/mol. The van der Waals surface area contributed by atoms with Crippen molar-refractivity contribution in [3.8, 4) is 5.75 Å². The molecule has 2 rings (SSSR count). The van der Waals surface area contributed by atoms with Crippen molar-refractivity contribution in [3.63, 3.8) is 0 Å². The highest BCUT2D eigenvalue weighted by Gasteiger charge is 2.22. The normalized spacial score (nSPS) is 11.9. The molecule has 0 radical (unpaired) electrons. The van der Waals surface area contributed by atoms with Gasteiger partial charge in [-0.2, -0.15) is 0 Å². The summed E-state index contributed by atoms with van der Waals surface area (Å²) in [7, 11) is 3.17. The molecule has 1 unspecified atom stereocenters. The number of methoxy groups -OCH3 is 1. The Morgan fingerprint density at radius 2 is 1.82 bits per heavy atom. The van der Waals surface area contributed by atoms with E-state index in [1.54, 1.807) is 14.2 Å². The summed E-state index contributed by atoms with van der Waals surface area (Å²) in [5.41, 5.74) is 0.937. The first kappa shape index (κ1) is 15.9. The minimum absolute atomic E-state index is 0.100. The number of amides is 1. The molecule has 22 heavy (non-hydrogen) atoms. The van der Waals surface area contributed by atoms with Gasteiger partial charge in [-0.05, 0) is 31.2 Å². The minimum atomic E-state index is -1.04. The lowest BCUT2D eigenvalue weighted by molar-refractivity contribution is 0.0740. The van der Waals surface area contributed by atoms with Gasteiger partial charge < -0.3 is 9.64 Å². The van der Waals surface area contributed by atoms with Crippen molar-refractivity contribution in [2.45, 2.75) is 13.0 Å². The third-order valence-corrected chi connectivity index (χ3v) is 3.66. The quantitative estimate of drug-likeness (QED) is 0.859. The van der Waals surface area contributed by atoms with Gasteiger partial charge in [0.1, 0.15) is 5.75 Å². The fourth-order valence-corrected chi connectivity index (χ4v) is 2.23. The second-order valence-corrected chi connectivity index (χ2v) is 4.96. The maximum absolute atomic E-state index is 13.3. The molecule has 1 amide bonds. The second-order valence-electron chi connectivity index (χ2n) is 4.96. The molecule has 2 aromatic carbocycles. The molecule has 0 N–H and O–H groups in total. The van der Waals surface area contributed by atoms with E-state index in [1.165, 1.54) is 11.0 Å². The summed E-state index contributed by atoms with van der Waals surface area (Å²) in [6, 6.07) is 10.2. The van der Waals surface area contributed by atoms with E-state index in [9.17, 15) is 13.6 Å². The van der Waals surface area contributed by atoms with E-state index >= 15 is 0 Å². The van der Waals surface area contributed by atoms with Crippen LogP contribution in [0.1, 0.15) is 28.9 Å². The van der Waals surface area contributed by atoms with E-state index in [4.69, 9.17) is 4.74 Å². The van der Waals surface area contributed by atoms with Gasteiger partial charge in [0.15, 0.2) is 11.6 Å². The smallest absolute Gasteiger partial charge is 0.254 e. The Hall–Kier alpha value is -2.43. The molecular formula is C17H17F2NO2. The third kappa shape index (κ3) is 3.08. The Morgan fingerprint density at radius 1 is 1.14 bits per heavy atom. The van der Waals surface area contributed by atoms with Crippen molar-refractivity contribution >= 4 is 5.91 Å². The van der Waals surface area contributed by atoms with Crippen LogP contribution in [0.2, 0.25) is 0 Å². The number of carbonyl (C=O) groups is 1. The highest BCUT2D eigenvalue weighted by molar-refractivity contribution is 5.94. The molecule has 1 atom stereocenters. The lowest BCUT2D eigenvalue weighted by Crippen LogP contribution is -2.30. The summed E-state index contributed by atoms with van der Waals surface area (Å²) in [4.78, 5) is 13.9. The second kappa shape index (κ2) is 6.56. The fraction of sp³-hybridized carbons (Fsp3) is 0.235. The Kier molecular flexibility index (Phi) is 4.75. The van der Waals surface area contributed by atoms with Gasteiger partial charge in [-0.1, -0.05) is 18.2 Å². The molecule has 0 aliphatic carbocycles. The van der Waals surface area contributed by atoms with Crippen LogP contribution in [-0.2, 0) is 0 Å². The van der Waals surface area contributed by atoms with Gasteiger partial charge in [0, 0.05) is 18.2 Å². The SMILES string of the molecule is COc1ccccc1C(C)N(C)C(=O)c1ccc(F)c(F)c1. The molecule has 116 valence electrons. The van der Waals surface area contributed by atoms with Crippen LogP contribution in [0.5, 0.6) is 5.75 Å². The van der Waals surface area contributed by atoms with Gasteiger partial charge in [0.2, 0.25) is 0 Å². The minimum Gasteiger partial charge on any atom is -0.496 e. The van der Waals surface area contributed by atoms with Gasteiger partial charge in [0.05, 0.1) is 13.2 Å². The van der Waals surface area contributed by atoms with Gasteiger partial charge in [0.25, 0.3) is 5.91 Å². The summed E-state index contributed by atoms with van der Waals surface area (Å²) in [6.45, 7) is 1.84. The molecule has 0 aromatic heterocycles. The number of ether oxygens (including phenoxy) is 1. The first-order valence-electron chi connectivity index (χ1n) is 6.80. The first-order chi connectivity index (χ1) is 10.5. The average molecular weight is 305 g/mol. The molecule has 0 fully saturated rings. The van der Waals surface area contributed by atoms with E-state index in [0.717, 1.165) is 17.7 Å². The largest absolute Gasteiger partial charge is 0.496 e. The van der Waals surface area contributed by atoms with Crippen molar-refractivity contribution in [2.75, 3.05) is 14.2 Å². The van der Waals surface area contributed by atoms with Crippen LogP contribution < -0.4 is 4.74 Å². The summed E-state index contributed by atoms with van der Waals surface area (Å²) >= 11 is 0. The Labute approximate surface area is 128 Å². The predicted octanol–water partition coefficient (Wildman–Crippen LogP) is 3.81. The van der Waals surface area contributed by atoms with Crippen molar-refractivity contribution in [2.24, 2.45) is 0 Å². The van der Waals surface area contributed by atoms with Crippen molar-refractivity contribution in [1.82, 2.24) is 4.90 Å². The first-order valence-corrected chi connectivity index (χ1v) is 6.80. The summed E-state index contributed by atoms with van der Waals surface area (Å²) in [5, 5.41) is 0. The lowest BCUT2D eigenvalue weighted by atomic mass is 10.0. The Balaban J connectivity index is 2.28. The van der Waals surface area contributed by atoms with E-state index < -0.39 is 17.5 Å². The van der Waals surface area contributed by atoms with E-state index in [-0.39, 0.29) is 11.6 Å². The number of hydrogen-bond acceptors (Lipinski definition) is 2. The standard InChI is InChI=1S/C17H17F2NO2/c1-11(13-6-4-5-7-16(13)22-3)20(2)17(21)12-8-9-14(18)15(19)10-12/h4-11H,1-3H3. The van der Waals surface area contributed by atoms with Crippen molar-refractivity contribution in [3.05, 3.63) is 65.2 Å². The number of para-hydroxylation sites is 1. The average Bonchev–Trinajstić information content (AvgIpc) is 2.55. The molecule has 5 heteroatoms. The summed E-state index contributed by atoms with van der Waals surface area (Å²) in [5.74, 6) is -1.74. The van der Waals surface area contributed by atoms with Crippen LogP contribution in [0.15, 0.2) is 42.5 Å². The van der Waals surface area contributed by atoms with E-state index in [0.29, 0.717) is 5.75 Å². The van der Waals surface area contributed by atoms with Gasteiger partial charge >= 0.3 is 0 Å². The van der Waals surface area contributed by atoms with Crippen molar-refractivity contribution < 1.29 is 18.3 Å². The number of carbonyl (C=O) groups excluding carboxylic acids is 1. The van der Waals surface area contributed by atoms with Crippen LogP contribution in [0.25, 0.3) is 0 Å². The number of rotatable bonds is 4. The van der Waals surface area contributed by atoms with Crippen LogP contribution in [0, 0.1) is 11.6 Å². The van der Waals surface area contributed by atoms with Crippen LogP contribution in [-0.4, -0.2) is 25.0 Å². The van der Waals surface area contributed by atoms with Crippen molar-refractivity contribution in [1.29, 1.82) is 0 Å². The number of nitrogens with zero attached hydrogens (tertiary/aromatic N) is 1. The molecular weight excluding hydrogens is 288 g/mol.